The highest BCUT2D eigenvalue weighted by atomic mass is 35.5. The Labute approximate surface area is 625 Å². The monoisotopic (exact) mass is 1460 g/mol. The molecule has 0 saturated carbocycles. The number of rotatable bonds is 29. The summed E-state index contributed by atoms with van der Waals surface area (Å²) >= 11 is 0. The van der Waals surface area contributed by atoms with E-state index in [2.05, 4.69) is 50.1 Å². The van der Waals surface area contributed by atoms with Crippen LogP contribution in [0.4, 0.5) is 11.6 Å². The van der Waals surface area contributed by atoms with Crippen molar-refractivity contribution in [2.24, 2.45) is 0 Å². The fourth-order valence-electron chi connectivity index (χ4n) is 9.86. The van der Waals surface area contributed by atoms with Crippen LogP contribution in [0.2, 0.25) is 0 Å². The number of anilines is 2. The van der Waals surface area contributed by atoms with Crippen molar-refractivity contribution in [1.29, 1.82) is 0 Å². The smallest absolute Gasteiger partial charge is 0.246 e. The Morgan fingerprint density at radius 1 is 0.510 bits per heavy atom. The lowest BCUT2D eigenvalue weighted by Gasteiger charge is -2.21. The Bertz CT molecular complexity index is 3580. The van der Waals surface area contributed by atoms with Gasteiger partial charge in [0.25, 0.3) is 0 Å². The molecule has 572 valence electrons. The molecule has 5 amide bonds. The van der Waals surface area contributed by atoms with Crippen molar-refractivity contribution in [3.05, 3.63) is 167 Å². The number of hydrogen-bond acceptors (Lipinski definition) is 18. The molecule has 4 aromatic carbocycles. The number of nitrogens with zero attached hydrogens (tertiary/aromatic N) is 5. The minimum Gasteiger partial charge on any atom is -0.493 e. The van der Waals surface area contributed by atoms with Crippen LogP contribution < -0.4 is 64.5 Å². The largest absolute Gasteiger partial charge is 0.493 e. The standard InChI is InChI=1S/2C25H32N4O4.C15H21NO3.C12H19NO2.3CH4.ClH/c2*1-6-12-33-22-18(8-7-9-20(22)32-5)16-29(4)21(30)11-10-17-13-19-15-27-25(2,3)24(31)28-23(19)26-14-17;1-5-10-19-15-12(8-7-9-13(15)18-4)11-16(3)14(17)6-2;1-4-8-15-12-10(9-13-2)6-5-7-11(12)14-3;;;;/h2*7-11,13-14,27H,6,12,15-16H2,1-5H3,(H,26,28,31);6-9H,2,5,10-11H2,1,3-4H3;5-7,13H,4,8-9H2,1-3H3;3*1H4;1H/b2*11-10+;;;;;;. The van der Waals surface area contributed by atoms with Crippen LogP contribution in [0.3, 0.4) is 0 Å². The maximum atomic E-state index is 12.7. The zero-order chi connectivity index (χ0) is 73.4. The maximum Gasteiger partial charge on any atom is 0.246 e. The fourth-order valence-corrected chi connectivity index (χ4v) is 9.86. The summed E-state index contributed by atoms with van der Waals surface area (Å²) < 4.78 is 44.6. The molecule has 0 saturated heterocycles. The molecule has 0 fully saturated rings. The Morgan fingerprint density at radius 3 is 1.10 bits per heavy atom. The fraction of sp³-hybridized carbons (Fsp3) is 0.438. The molecule has 6 aromatic rings. The Balaban J connectivity index is 0.000000717. The van der Waals surface area contributed by atoms with Crippen LogP contribution in [0.1, 0.15) is 148 Å². The average molecular weight is 1460 g/mol. The number of pyridine rings is 2. The minimum absolute atomic E-state index is 0. The van der Waals surface area contributed by atoms with E-state index in [4.69, 9.17) is 37.9 Å². The molecule has 24 heteroatoms. The van der Waals surface area contributed by atoms with Gasteiger partial charge in [0.05, 0.1) is 65.9 Å². The van der Waals surface area contributed by atoms with Crippen molar-refractivity contribution in [1.82, 2.24) is 40.6 Å². The third kappa shape index (κ3) is 27.5. The first-order valence-corrected chi connectivity index (χ1v) is 33.6. The van der Waals surface area contributed by atoms with Gasteiger partial charge < -0.3 is 68.5 Å². The van der Waals surface area contributed by atoms with E-state index in [1.807, 2.05) is 140 Å². The number of hydrogen-bond donors (Lipinski definition) is 5. The molecule has 104 heavy (non-hydrogen) atoms. The normalized spacial score (nSPS) is 12.7. The average Bonchev–Trinajstić information content (AvgIpc) is 1.11. The van der Waals surface area contributed by atoms with Crippen LogP contribution in [0.15, 0.2) is 122 Å². The summed E-state index contributed by atoms with van der Waals surface area (Å²) in [6.45, 7) is 24.5. The van der Waals surface area contributed by atoms with E-state index in [0.29, 0.717) is 98.7 Å². The van der Waals surface area contributed by atoms with Gasteiger partial charge in [0.15, 0.2) is 46.0 Å². The summed E-state index contributed by atoms with van der Waals surface area (Å²) in [5.41, 5.74) is 5.73. The Hall–Kier alpha value is -9.68. The second-order valence-corrected chi connectivity index (χ2v) is 24.6. The number of fused-ring (bicyclic) bond motifs is 2. The molecule has 0 spiro atoms. The van der Waals surface area contributed by atoms with Crippen molar-refractivity contribution in [2.45, 2.75) is 154 Å². The first kappa shape index (κ1) is 92.3. The van der Waals surface area contributed by atoms with Crippen LogP contribution in [-0.4, -0.2) is 148 Å². The van der Waals surface area contributed by atoms with E-state index in [1.54, 1.807) is 88.8 Å². The van der Waals surface area contributed by atoms with E-state index in [9.17, 15) is 24.0 Å². The summed E-state index contributed by atoms with van der Waals surface area (Å²) in [7, 11) is 13.6. The number of ether oxygens (including phenoxy) is 8. The topological polar surface area (TPSA) is 255 Å². The van der Waals surface area contributed by atoms with E-state index in [0.717, 1.165) is 94.8 Å². The lowest BCUT2D eigenvalue weighted by atomic mass is 10.1. The summed E-state index contributed by atoms with van der Waals surface area (Å²) in [5, 5.41) is 15.2. The number of para-hydroxylation sites is 4. The molecule has 2 aromatic heterocycles. The van der Waals surface area contributed by atoms with E-state index in [1.165, 1.54) is 18.2 Å². The highest BCUT2D eigenvalue weighted by molar-refractivity contribution is 5.99. The van der Waals surface area contributed by atoms with Crippen LogP contribution in [0, 0.1) is 0 Å². The summed E-state index contributed by atoms with van der Waals surface area (Å²) in [6, 6.07) is 26.8. The Kier molecular flexibility index (Phi) is 41.6. The molecule has 0 unspecified atom stereocenters. The number of aromatic nitrogens is 2. The van der Waals surface area contributed by atoms with E-state index >= 15 is 0 Å². The van der Waals surface area contributed by atoms with Crippen LogP contribution in [0.5, 0.6) is 46.0 Å². The van der Waals surface area contributed by atoms with Crippen molar-refractivity contribution in [3.63, 3.8) is 0 Å². The van der Waals surface area contributed by atoms with Crippen LogP contribution in [0.25, 0.3) is 12.2 Å². The van der Waals surface area contributed by atoms with Gasteiger partial charge in [-0.05, 0) is 126 Å². The Morgan fingerprint density at radius 2 is 0.808 bits per heavy atom. The zero-order valence-electron chi connectivity index (χ0n) is 61.7. The van der Waals surface area contributed by atoms with Gasteiger partial charge in [0.2, 0.25) is 29.5 Å². The second kappa shape index (κ2) is 46.8. The predicted molar refractivity (Wildman–Crippen MR) is 421 cm³/mol. The van der Waals surface area contributed by atoms with Crippen molar-refractivity contribution in [3.8, 4) is 46.0 Å². The number of carbonyl (C=O) groups excluding carboxylic acids is 5. The van der Waals surface area contributed by atoms with Gasteiger partial charge in [-0.1, -0.05) is 105 Å². The van der Waals surface area contributed by atoms with Gasteiger partial charge in [-0.25, -0.2) is 9.97 Å². The van der Waals surface area contributed by atoms with Crippen LogP contribution in [-0.2, 0) is 63.2 Å². The molecule has 0 aliphatic carbocycles. The lowest BCUT2D eigenvalue weighted by molar-refractivity contribution is -0.126. The first-order chi connectivity index (χ1) is 48.0. The first-order valence-electron chi connectivity index (χ1n) is 33.6. The number of halogens is 1. The highest BCUT2D eigenvalue weighted by Gasteiger charge is 2.32. The zero-order valence-corrected chi connectivity index (χ0v) is 62.5. The number of carbonyl (C=O) groups is 5. The lowest BCUT2D eigenvalue weighted by Crippen LogP contribution is -2.47. The highest BCUT2D eigenvalue weighted by Crippen LogP contribution is 2.36. The molecule has 8 rings (SSSR count). The molecule has 0 bridgehead atoms. The maximum absolute atomic E-state index is 12.7. The third-order valence-corrected chi connectivity index (χ3v) is 15.7. The second-order valence-electron chi connectivity index (χ2n) is 24.6. The summed E-state index contributed by atoms with van der Waals surface area (Å²) in [4.78, 5) is 75.1. The summed E-state index contributed by atoms with van der Waals surface area (Å²) in [6.07, 6.45) is 14.7. The van der Waals surface area contributed by atoms with Crippen LogP contribution >= 0.6 is 12.4 Å². The number of likely N-dealkylation sites (N-methyl/N-ethyl adjacent to an activating group) is 3. The SMILES string of the molecule is C.C.C.C=CC(=O)N(C)Cc1cccc(OC)c1OCCC.CCCOc1c(CN(C)C(=O)/C=C/c2cnc3c(c2)CNC(C)(C)C(=O)N3)cccc1OC.CCCOc1c(CN(C)C(=O)/C=C/c2cnc3c(c2)CNC(C)(C)C(=O)N3)cccc1OC.CCCOc1c(CNC)cccc1OC.Cl. The van der Waals surface area contributed by atoms with Gasteiger partial charge in [-0.3, -0.25) is 34.6 Å². The minimum atomic E-state index is -0.685. The molecule has 5 N–H and O–H groups in total. The molecule has 0 radical (unpaired) electrons. The number of nitrogens with one attached hydrogen (secondary N) is 5. The van der Waals surface area contributed by atoms with E-state index in [-0.39, 0.29) is 64.2 Å². The predicted octanol–water partition coefficient (Wildman–Crippen LogP) is 13.9. The quantitative estimate of drug-likeness (QED) is 0.0274. The van der Waals surface area contributed by atoms with Gasteiger partial charge >= 0.3 is 0 Å². The van der Waals surface area contributed by atoms with Crippen molar-refractivity contribution in [2.75, 3.05) is 93.7 Å². The van der Waals surface area contributed by atoms with Crippen molar-refractivity contribution >= 4 is 65.7 Å². The molecule has 2 aliphatic rings. The molecule has 2 aliphatic heterocycles. The number of amides is 5. The van der Waals surface area contributed by atoms with Gasteiger partial charge in [-0.15, -0.1) is 12.4 Å². The molecular formula is C80H117ClN10O13. The third-order valence-electron chi connectivity index (χ3n) is 15.7. The van der Waals surface area contributed by atoms with Gasteiger partial charge in [0, 0.05) is 118 Å². The van der Waals surface area contributed by atoms with E-state index < -0.39 is 11.1 Å². The van der Waals surface area contributed by atoms with Gasteiger partial charge in [0.1, 0.15) is 11.6 Å². The van der Waals surface area contributed by atoms with Crippen molar-refractivity contribution < 1.29 is 61.9 Å². The number of benzene rings is 4. The molecule has 4 heterocycles. The van der Waals surface area contributed by atoms with Gasteiger partial charge in [-0.2, -0.15) is 0 Å². The summed E-state index contributed by atoms with van der Waals surface area (Å²) in [5.74, 6) is 6.07. The molecular weight excluding hydrogens is 1340 g/mol. The number of methoxy groups -OCH3 is 4. The molecule has 23 nitrogen and oxygen atoms in total. The molecule has 0 atom stereocenters.